The molecule has 0 spiro atoms. The fourth-order valence-electron chi connectivity index (χ4n) is 3.03. The highest BCUT2D eigenvalue weighted by molar-refractivity contribution is 7.89. The van der Waals surface area contributed by atoms with Gasteiger partial charge in [0.25, 0.3) is 11.8 Å². The molecule has 8 nitrogen and oxygen atoms in total. The van der Waals surface area contributed by atoms with Gasteiger partial charge in [-0.2, -0.15) is 0 Å². The summed E-state index contributed by atoms with van der Waals surface area (Å²) in [6, 6.07) is 4.04. The maximum Gasteiger partial charge on any atom is 0.261 e. The lowest BCUT2D eigenvalue weighted by atomic mass is 10.1. The number of nitrogens with one attached hydrogen (secondary N) is 2. The summed E-state index contributed by atoms with van der Waals surface area (Å²) in [5.74, 6) is -0.885. The zero-order valence-corrected chi connectivity index (χ0v) is 17.4. The molecular weight excluding hydrogens is 415 g/mol. The van der Waals surface area contributed by atoms with Gasteiger partial charge >= 0.3 is 0 Å². The van der Waals surface area contributed by atoms with E-state index in [9.17, 15) is 18.0 Å². The maximum atomic E-state index is 12.4. The van der Waals surface area contributed by atoms with Crippen LogP contribution in [0.4, 0.5) is 0 Å². The fourth-order valence-corrected chi connectivity index (χ4v) is 4.13. The van der Waals surface area contributed by atoms with Gasteiger partial charge in [-0.3, -0.25) is 14.5 Å². The van der Waals surface area contributed by atoms with Gasteiger partial charge in [0.2, 0.25) is 10.0 Å². The lowest BCUT2D eigenvalue weighted by Gasteiger charge is -2.27. The summed E-state index contributed by atoms with van der Waals surface area (Å²) in [7, 11) is -2.32. The number of rotatable bonds is 6. The lowest BCUT2D eigenvalue weighted by Crippen LogP contribution is -2.44. The Morgan fingerprint density at radius 2 is 1.70 bits per heavy atom. The first kappa shape index (κ1) is 23.8. The number of hydrogen-bond acceptors (Lipinski definition) is 6. The van der Waals surface area contributed by atoms with Crippen molar-refractivity contribution in [2.45, 2.75) is 11.3 Å². The Morgan fingerprint density at radius 3 is 2.37 bits per heavy atom. The molecule has 0 atom stereocenters. The van der Waals surface area contributed by atoms with E-state index >= 15 is 0 Å². The number of imide groups is 1. The number of hydrogen-bond donors (Lipinski definition) is 2. The third kappa shape index (κ3) is 5.18. The lowest BCUT2D eigenvalue weighted by molar-refractivity contribution is 0.0693. The van der Waals surface area contributed by atoms with Gasteiger partial charge in [-0.05, 0) is 31.2 Å². The first-order valence-corrected chi connectivity index (χ1v) is 9.77. The van der Waals surface area contributed by atoms with Crippen molar-refractivity contribution in [2.24, 2.45) is 0 Å². The molecular formula is C16H24Cl2N4O4S. The van der Waals surface area contributed by atoms with E-state index in [1.54, 1.807) is 0 Å². The molecule has 2 N–H and O–H groups in total. The first-order valence-electron chi connectivity index (χ1n) is 8.29. The topological polar surface area (TPSA) is 98.8 Å². The van der Waals surface area contributed by atoms with Crippen molar-refractivity contribution in [3.63, 3.8) is 0 Å². The molecule has 3 rings (SSSR count). The highest BCUT2D eigenvalue weighted by Gasteiger charge is 2.33. The van der Waals surface area contributed by atoms with E-state index in [1.165, 1.54) is 25.2 Å². The molecule has 2 aliphatic rings. The van der Waals surface area contributed by atoms with Crippen molar-refractivity contribution in [2.75, 3.05) is 46.3 Å². The Morgan fingerprint density at radius 1 is 1.07 bits per heavy atom. The smallest absolute Gasteiger partial charge is 0.261 e. The summed E-state index contributed by atoms with van der Waals surface area (Å²) in [5, 5.41) is 3.27. The molecule has 2 amide bonds. The van der Waals surface area contributed by atoms with Crippen LogP contribution >= 0.6 is 24.8 Å². The molecule has 2 heterocycles. The average molecular weight is 439 g/mol. The quantitative estimate of drug-likeness (QED) is 0.490. The van der Waals surface area contributed by atoms with Crippen LogP contribution < -0.4 is 10.0 Å². The van der Waals surface area contributed by atoms with Crippen molar-refractivity contribution >= 4 is 46.7 Å². The predicted molar refractivity (Wildman–Crippen MR) is 106 cm³/mol. The number of carbonyl (C=O) groups excluding carboxylic acids is 2. The van der Waals surface area contributed by atoms with Gasteiger partial charge in [-0.25, -0.2) is 13.1 Å². The summed E-state index contributed by atoms with van der Waals surface area (Å²) in [4.78, 5) is 27.1. The molecule has 0 radical (unpaired) electrons. The van der Waals surface area contributed by atoms with Gasteiger partial charge in [0.1, 0.15) is 0 Å². The van der Waals surface area contributed by atoms with Crippen molar-refractivity contribution in [3.05, 3.63) is 29.3 Å². The van der Waals surface area contributed by atoms with Gasteiger partial charge in [-0.1, -0.05) is 0 Å². The monoisotopic (exact) mass is 438 g/mol. The third-order valence-corrected chi connectivity index (χ3v) is 5.98. The molecule has 2 aliphatic heterocycles. The number of carbonyl (C=O) groups is 2. The molecule has 1 fully saturated rings. The van der Waals surface area contributed by atoms with Crippen LogP contribution in [-0.4, -0.2) is 76.3 Å². The Balaban J connectivity index is 0.00000182. The van der Waals surface area contributed by atoms with Crippen LogP contribution in [-0.2, 0) is 10.0 Å². The van der Waals surface area contributed by atoms with Gasteiger partial charge in [0, 0.05) is 39.8 Å². The Labute approximate surface area is 171 Å². The predicted octanol–water partition coefficient (Wildman–Crippen LogP) is 0.330. The Hall–Kier alpha value is -1.23. The zero-order valence-electron chi connectivity index (χ0n) is 14.9. The molecule has 152 valence electrons. The molecule has 0 bridgehead atoms. The van der Waals surface area contributed by atoms with Crippen LogP contribution in [0.5, 0.6) is 0 Å². The second-order valence-corrected chi connectivity index (χ2v) is 7.99. The van der Waals surface area contributed by atoms with Gasteiger partial charge in [0.15, 0.2) is 0 Å². The number of fused-ring (bicyclic) bond motifs is 1. The number of benzene rings is 1. The van der Waals surface area contributed by atoms with Crippen molar-refractivity contribution in [1.29, 1.82) is 0 Å². The minimum absolute atomic E-state index is 0. The number of halogens is 2. The SMILES string of the molecule is CN1C(=O)c2ccc(S(=O)(=O)NCCCN3CCNCC3)cc2C1=O.Cl.Cl. The summed E-state index contributed by atoms with van der Waals surface area (Å²) in [6.45, 7) is 5.04. The van der Waals surface area contributed by atoms with Crippen LogP contribution in [0.2, 0.25) is 0 Å². The summed E-state index contributed by atoms with van der Waals surface area (Å²) in [6.07, 6.45) is 0.713. The normalized spacial score (nSPS) is 17.3. The van der Waals surface area contributed by atoms with Crippen LogP contribution in [0.15, 0.2) is 23.1 Å². The largest absolute Gasteiger partial charge is 0.314 e. The van der Waals surface area contributed by atoms with E-state index in [-0.39, 0.29) is 40.8 Å². The van der Waals surface area contributed by atoms with E-state index in [1.807, 2.05) is 0 Å². The van der Waals surface area contributed by atoms with E-state index in [2.05, 4.69) is 14.9 Å². The molecule has 0 aromatic heterocycles. The Kier molecular flexibility index (Phi) is 8.65. The summed E-state index contributed by atoms with van der Waals surface area (Å²) in [5.41, 5.74) is 0.376. The van der Waals surface area contributed by atoms with Crippen LogP contribution in [0.25, 0.3) is 0 Å². The molecule has 27 heavy (non-hydrogen) atoms. The third-order valence-electron chi connectivity index (χ3n) is 4.52. The van der Waals surface area contributed by atoms with Gasteiger partial charge in [0.05, 0.1) is 16.0 Å². The van der Waals surface area contributed by atoms with Crippen molar-refractivity contribution in [1.82, 2.24) is 19.8 Å². The van der Waals surface area contributed by atoms with E-state index in [4.69, 9.17) is 0 Å². The minimum Gasteiger partial charge on any atom is -0.314 e. The number of sulfonamides is 1. The zero-order chi connectivity index (χ0) is 18.0. The van der Waals surface area contributed by atoms with Crippen molar-refractivity contribution < 1.29 is 18.0 Å². The highest BCUT2D eigenvalue weighted by atomic mass is 35.5. The second-order valence-electron chi connectivity index (χ2n) is 6.22. The van der Waals surface area contributed by atoms with Crippen LogP contribution in [0.3, 0.4) is 0 Å². The molecule has 0 aliphatic carbocycles. The molecule has 1 aromatic carbocycles. The van der Waals surface area contributed by atoms with E-state index in [0.717, 1.165) is 37.6 Å². The standard InChI is InChI=1S/C16H22N4O4S.2ClH/c1-19-15(21)13-4-3-12(11-14(13)16(19)22)25(23,24)18-5-2-8-20-9-6-17-7-10-20;;/h3-4,11,17-18H,2,5-10H2,1H3;2*1H. The van der Waals surface area contributed by atoms with E-state index in [0.29, 0.717) is 13.0 Å². The molecule has 1 aromatic rings. The molecule has 1 saturated heterocycles. The average Bonchev–Trinajstić information content (AvgIpc) is 2.84. The van der Waals surface area contributed by atoms with Gasteiger partial charge < -0.3 is 10.2 Å². The van der Waals surface area contributed by atoms with Crippen LogP contribution in [0, 0.1) is 0 Å². The fraction of sp³-hybridized carbons (Fsp3) is 0.500. The Bertz CT molecular complexity index is 798. The number of amides is 2. The first-order chi connectivity index (χ1) is 11.9. The highest BCUT2D eigenvalue weighted by Crippen LogP contribution is 2.24. The van der Waals surface area contributed by atoms with E-state index < -0.39 is 21.8 Å². The molecule has 0 saturated carbocycles. The summed E-state index contributed by atoms with van der Waals surface area (Å²) >= 11 is 0. The summed E-state index contributed by atoms with van der Waals surface area (Å²) < 4.78 is 27.4. The molecule has 11 heteroatoms. The van der Waals surface area contributed by atoms with Gasteiger partial charge in [-0.15, -0.1) is 24.8 Å². The second kappa shape index (κ2) is 9.81. The van der Waals surface area contributed by atoms with Crippen molar-refractivity contribution in [3.8, 4) is 0 Å². The van der Waals surface area contributed by atoms with Crippen LogP contribution in [0.1, 0.15) is 27.1 Å². The number of nitrogens with zero attached hydrogens (tertiary/aromatic N) is 2. The maximum absolute atomic E-state index is 12.4. The number of piperazine rings is 1. The molecule has 0 unspecified atom stereocenters. The minimum atomic E-state index is -3.71.